The quantitative estimate of drug-likeness (QED) is 0.834. The zero-order chi connectivity index (χ0) is 14.5. The van der Waals surface area contributed by atoms with Gasteiger partial charge in [-0.15, -0.1) is 0 Å². The highest BCUT2D eigenvalue weighted by Gasteiger charge is 2.16. The molecule has 110 valence electrons. The highest BCUT2D eigenvalue weighted by atomic mass is 19.2. The van der Waals surface area contributed by atoms with Crippen LogP contribution in [0.1, 0.15) is 36.0 Å². The topological polar surface area (TPSA) is 41.1 Å². The summed E-state index contributed by atoms with van der Waals surface area (Å²) in [7, 11) is 0. The second-order valence-electron chi connectivity index (χ2n) is 4.95. The Morgan fingerprint density at radius 3 is 2.55 bits per heavy atom. The van der Waals surface area contributed by atoms with Crippen molar-refractivity contribution in [3.8, 4) is 0 Å². The molecule has 1 unspecified atom stereocenters. The smallest absolute Gasteiger partial charge is 0.251 e. The SMILES string of the molecule is O=C(NCCC1CCCCN1)c1cc(F)c(F)c(F)c1. The summed E-state index contributed by atoms with van der Waals surface area (Å²) in [4.78, 5) is 11.7. The van der Waals surface area contributed by atoms with Crippen molar-refractivity contribution in [1.29, 1.82) is 0 Å². The Bertz CT molecular complexity index is 464. The number of amides is 1. The fraction of sp³-hybridized carbons (Fsp3) is 0.500. The maximum Gasteiger partial charge on any atom is 0.251 e. The zero-order valence-corrected chi connectivity index (χ0v) is 11.0. The molecule has 2 rings (SSSR count). The van der Waals surface area contributed by atoms with Gasteiger partial charge in [-0.05, 0) is 37.9 Å². The van der Waals surface area contributed by atoms with E-state index in [1.165, 1.54) is 6.42 Å². The largest absolute Gasteiger partial charge is 0.352 e. The van der Waals surface area contributed by atoms with Crippen LogP contribution in [0.25, 0.3) is 0 Å². The molecule has 20 heavy (non-hydrogen) atoms. The van der Waals surface area contributed by atoms with Crippen molar-refractivity contribution in [2.45, 2.75) is 31.7 Å². The first-order chi connectivity index (χ1) is 9.58. The van der Waals surface area contributed by atoms with Crippen LogP contribution in [0.5, 0.6) is 0 Å². The summed E-state index contributed by atoms with van der Waals surface area (Å²) in [6.07, 6.45) is 4.16. The van der Waals surface area contributed by atoms with E-state index in [0.29, 0.717) is 24.7 Å². The molecule has 0 saturated carbocycles. The summed E-state index contributed by atoms with van der Waals surface area (Å²) in [5.74, 6) is -4.88. The highest BCUT2D eigenvalue weighted by Crippen LogP contribution is 2.14. The average Bonchev–Trinajstić information content (AvgIpc) is 2.45. The van der Waals surface area contributed by atoms with Gasteiger partial charge >= 0.3 is 0 Å². The van der Waals surface area contributed by atoms with Crippen molar-refractivity contribution < 1.29 is 18.0 Å². The maximum atomic E-state index is 13.0. The van der Waals surface area contributed by atoms with E-state index >= 15 is 0 Å². The number of carbonyl (C=O) groups excluding carboxylic acids is 1. The van der Waals surface area contributed by atoms with E-state index in [-0.39, 0.29) is 5.56 Å². The Morgan fingerprint density at radius 1 is 1.25 bits per heavy atom. The average molecular weight is 286 g/mol. The predicted molar refractivity (Wildman–Crippen MR) is 68.9 cm³/mol. The molecule has 3 nitrogen and oxygen atoms in total. The molecule has 1 aromatic carbocycles. The van der Waals surface area contributed by atoms with Crippen LogP contribution in [0.15, 0.2) is 12.1 Å². The molecule has 0 aliphatic carbocycles. The molecule has 1 aliphatic heterocycles. The first-order valence-corrected chi connectivity index (χ1v) is 6.74. The number of benzene rings is 1. The van der Waals surface area contributed by atoms with Crippen molar-refractivity contribution in [2.75, 3.05) is 13.1 Å². The molecular weight excluding hydrogens is 269 g/mol. The summed E-state index contributed by atoms with van der Waals surface area (Å²) in [6, 6.07) is 1.77. The zero-order valence-electron chi connectivity index (χ0n) is 11.0. The van der Waals surface area contributed by atoms with Gasteiger partial charge < -0.3 is 10.6 Å². The lowest BCUT2D eigenvalue weighted by atomic mass is 10.0. The Hall–Kier alpha value is -1.56. The van der Waals surface area contributed by atoms with Crippen molar-refractivity contribution in [3.05, 3.63) is 35.1 Å². The number of carbonyl (C=O) groups is 1. The minimum atomic E-state index is -1.56. The lowest BCUT2D eigenvalue weighted by Gasteiger charge is -2.23. The minimum Gasteiger partial charge on any atom is -0.352 e. The standard InChI is InChI=1S/C14H17F3N2O/c15-11-7-9(8-12(16)13(11)17)14(20)19-6-4-10-3-1-2-5-18-10/h7-8,10,18H,1-6H2,(H,19,20). The number of halogens is 3. The summed E-state index contributed by atoms with van der Waals surface area (Å²) >= 11 is 0. The van der Waals surface area contributed by atoms with Crippen molar-refractivity contribution in [1.82, 2.24) is 10.6 Å². The van der Waals surface area contributed by atoms with Crippen LogP contribution in [-0.4, -0.2) is 25.0 Å². The lowest BCUT2D eigenvalue weighted by Crippen LogP contribution is -2.37. The van der Waals surface area contributed by atoms with Gasteiger partial charge in [0.25, 0.3) is 5.91 Å². The van der Waals surface area contributed by atoms with Gasteiger partial charge in [-0.1, -0.05) is 6.42 Å². The fourth-order valence-electron chi connectivity index (χ4n) is 2.32. The fourth-order valence-corrected chi connectivity index (χ4v) is 2.32. The molecule has 1 aromatic rings. The minimum absolute atomic E-state index is 0.210. The van der Waals surface area contributed by atoms with Crippen molar-refractivity contribution in [3.63, 3.8) is 0 Å². The molecule has 1 amide bonds. The van der Waals surface area contributed by atoms with Crippen LogP contribution in [-0.2, 0) is 0 Å². The molecule has 1 aliphatic rings. The molecule has 1 fully saturated rings. The second kappa shape index (κ2) is 6.74. The molecule has 2 N–H and O–H groups in total. The summed E-state index contributed by atoms with van der Waals surface area (Å²) in [6.45, 7) is 1.39. The van der Waals surface area contributed by atoms with Gasteiger partial charge in [0.2, 0.25) is 0 Å². The van der Waals surface area contributed by atoms with Crippen LogP contribution in [0.2, 0.25) is 0 Å². The third-order valence-electron chi connectivity index (χ3n) is 3.44. The van der Waals surface area contributed by atoms with Crippen LogP contribution < -0.4 is 10.6 Å². The summed E-state index contributed by atoms with van der Waals surface area (Å²) in [5.41, 5.74) is -0.210. The molecule has 0 spiro atoms. The third kappa shape index (κ3) is 3.72. The number of hydrogen-bond donors (Lipinski definition) is 2. The first-order valence-electron chi connectivity index (χ1n) is 6.74. The second-order valence-corrected chi connectivity index (χ2v) is 4.95. The normalized spacial score (nSPS) is 18.9. The third-order valence-corrected chi connectivity index (χ3v) is 3.44. The molecule has 1 saturated heterocycles. The Kier molecular flexibility index (Phi) is 5.00. The van der Waals surface area contributed by atoms with E-state index in [1.54, 1.807) is 0 Å². The monoisotopic (exact) mass is 286 g/mol. The molecular formula is C14H17F3N2O. The number of piperidine rings is 1. The maximum absolute atomic E-state index is 13.0. The van der Waals surface area contributed by atoms with Crippen LogP contribution in [0.4, 0.5) is 13.2 Å². The van der Waals surface area contributed by atoms with E-state index < -0.39 is 23.4 Å². The Labute approximate surface area is 115 Å². The van der Waals surface area contributed by atoms with Crippen LogP contribution in [0.3, 0.4) is 0 Å². The van der Waals surface area contributed by atoms with Gasteiger partial charge in [0.05, 0.1) is 0 Å². The van der Waals surface area contributed by atoms with Crippen LogP contribution >= 0.6 is 0 Å². The predicted octanol–water partition coefficient (Wildman–Crippen LogP) is 2.37. The van der Waals surface area contributed by atoms with Gasteiger partial charge in [0.1, 0.15) is 0 Å². The van der Waals surface area contributed by atoms with E-state index in [9.17, 15) is 18.0 Å². The number of hydrogen-bond acceptors (Lipinski definition) is 2. The molecule has 6 heteroatoms. The molecule has 1 atom stereocenters. The molecule has 0 aromatic heterocycles. The molecule has 1 heterocycles. The summed E-state index contributed by atoms with van der Waals surface area (Å²) in [5, 5.41) is 5.92. The Morgan fingerprint density at radius 2 is 1.95 bits per heavy atom. The van der Waals surface area contributed by atoms with Crippen molar-refractivity contribution >= 4 is 5.91 Å². The molecule has 0 bridgehead atoms. The van der Waals surface area contributed by atoms with Gasteiger partial charge in [0, 0.05) is 18.2 Å². The summed E-state index contributed by atoms with van der Waals surface area (Å²) < 4.78 is 38.8. The van der Waals surface area contributed by atoms with Gasteiger partial charge in [-0.25, -0.2) is 13.2 Å². The van der Waals surface area contributed by atoms with E-state index in [4.69, 9.17) is 0 Å². The van der Waals surface area contributed by atoms with Crippen molar-refractivity contribution in [2.24, 2.45) is 0 Å². The molecule has 0 radical (unpaired) electrons. The van der Waals surface area contributed by atoms with Gasteiger partial charge in [0.15, 0.2) is 17.5 Å². The highest BCUT2D eigenvalue weighted by molar-refractivity contribution is 5.94. The number of nitrogens with one attached hydrogen (secondary N) is 2. The number of rotatable bonds is 4. The first kappa shape index (κ1) is 14.8. The lowest BCUT2D eigenvalue weighted by molar-refractivity contribution is 0.0950. The van der Waals surface area contributed by atoms with Gasteiger partial charge in [-0.2, -0.15) is 0 Å². The van der Waals surface area contributed by atoms with Crippen LogP contribution in [0, 0.1) is 17.5 Å². The van der Waals surface area contributed by atoms with Gasteiger partial charge in [-0.3, -0.25) is 4.79 Å². The van der Waals surface area contributed by atoms with E-state index in [0.717, 1.165) is 25.8 Å². The van der Waals surface area contributed by atoms with E-state index in [2.05, 4.69) is 10.6 Å². The van der Waals surface area contributed by atoms with E-state index in [1.807, 2.05) is 0 Å². The Balaban J connectivity index is 1.85.